The summed E-state index contributed by atoms with van der Waals surface area (Å²) in [4.78, 5) is 48.3. The highest BCUT2D eigenvalue weighted by molar-refractivity contribution is 6.37. The van der Waals surface area contributed by atoms with Crippen LogP contribution in [-0.4, -0.2) is 36.2 Å². The number of Topliss-reactive ketones (excluding diaryl/α,β-unsaturated/α-hetero) is 2. The molecule has 0 aromatic heterocycles. The molecule has 27 heavy (non-hydrogen) atoms. The summed E-state index contributed by atoms with van der Waals surface area (Å²) in [6, 6.07) is 8.41. The van der Waals surface area contributed by atoms with Crippen molar-refractivity contribution in [1.29, 1.82) is 0 Å². The van der Waals surface area contributed by atoms with E-state index in [9.17, 15) is 19.2 Å². The fourth-order valence-corrected chi connectivity index (χ4v) is 2.84. The molecule has 0 radical (unpaired) electrons. The average molecular weight is 375 g/mol. The van der Waals surface area contributed by atoms with Crippen molar-refractivity contribution in [1.82, 2.24) is 16.2 Å². The third-order valence-electron chi connectivity index (χ3n) is 4.36. The summed E-state index contributed by atoms with van der Waals surface area (Å²) in [5, 5.41) is 2.58. The molecule has 8 heteroatoms. The first-order chi connectivity index (χ1) is 12.9. The predicted molar refractivity (Wildman–Crippen MR) is 97.3 cm³/mol. The molecule has 146 valence electrons. The molecular formula is C19H25N3O5. The van der Waals surface area contributed by atoms with Gasteiger partial charge in [0, 0.05) is 18.9 Å². The van der Waals surface area contributed by atoms with Gasteiger partial charge in [0.25, 0.3) is 0 Å². The lowest BCUT2D eigenvalue weighted by atomic mass is 9.88. The minimum absolute atomic E-state index is 0.0959. The maximum absolute atomic E-state index is 12.7. The zero-order chi connectivity index (χ0) is 19.8. The molecule has 1 heterocycles. The normalized spacial score (nSPS) is 18.4. The molecule has 1 aromatic carbocycles. The van der Waals surface area contributed by atoms with Crippen LogP contribution in [0.4, 0.5) is 4.79 Å². The number of hydrogen-bond donors (Lipinski definition) is 3. The summed E-state index contributed by atoms with van der Waals surface area (Å²) in [5.41, 5.74) is 5.74. The lowest BCUT2D eigenvalue weighted by Gasteiger charge is -2.22. The van der Waals surface area contributed by atoms with Crippen LogP contribution >= 0.6 is 0 Å². The Hall–Kier alpha value is -2.74. The summed E-state index contributed by atoms with van der Waals surface area (Å²) in [6.45, 7) is 4.08. The van der Waals surface area contributed by atoms with Gasteiger partial charge in [-0.1, -0.05) is 44.2 Å². The number of amides is 2. The van der Waals surface area contributed by atoms with E-state index in [1.807, 2.05) is 30.3 Å². The zero-order valence-corrected chi connectivity index (χ0v) is 15.5. The first kappa shape index (κ1) is 20.6. The van der Waals surface area contributed by atoms with E-state index >= 15 is 0 Å². The first-order valence-electron chi connectivity index (χ1n) is 8.95. The molecule has 2 unspecified atom stereocenters. The number of carbonyl (C=O) groups excluding carboxylic acids is 4. The molecule has 1 saturated heterocycles. The lowest BCUT2D eigenvalue weighted by molar-refractivity contribution is -0.141. The minimum Gasteiger partial charge on any atom is -0.445 e. The van der Waals surface area contributed by atoms with Gasteiger partial charge in [0.1, 0.15) is 6.61 Å². The van der Waals surface area contributed by atoms with Crippen LogP contribution in [0.3, 0.4) is 0 Å². The molecular weight excluding hydrogens is 350 g/mol. The fourth-order valence-electron chi connectivity index (χ4n) is 2.84. The Labute approximate surface area is 158 Å². The van der Waals surface area contributed by atoms with Crippen molar-refractivity contribution in [3.63, 3.8) is 0 Å². The van der Waals surface area contributed by atoms with E-state index in [2.05, 4.69) is 16.2 Å². The molecule has 2 rings (SSSR count). The standard InChI is InChI=1S/C19H25N3O5/c1-12(2)16(21-19(26)27-11-13-6-4-3-5-7-13)15(23)10-14-8-9-20-22-18(25)17(14)24/h3-7,12,14,16,20H,8-11H2,1-2H3,(H,21,26)(H,22,25). The Bertz CT molecular complexity index is 690. The third-order valence-corrected chi connectivity index (χ3v) is 4.36. The molecule has 1 aliphatic heterocycles. The quantitative estimate of drug-likeness (QED) is 0.615. The number of nitrogens with one attached hydrogen (secondary N) is 3. The lowest BCUT2D eigenvalue weighted by Crippen LogP contribution is -2.46. The van der Waals surface area contributed by atoms with Crippen molar-refractivity contribution in [2.24, 2.45) is 11.8 Å². The van der Waals surface area contributed by atoms with E-state index in [1.165, 1.54) is 0 Å². The second-order valence-electron chi connectivity index (χ2n) is 6.83. The highest BCUT2D eigenvalue weighted by Crippen LogP contribution is 2.16. The van der Waals surface area contributed by atoms with Gasteiger partial charge in [0.15, 0.2) is 5.78 Å². The second-order valence-corrected chi connectivity index (χ2v) is 6.83. The van der Waals surface area contributed by atoms with Gasteiger partial charge in [0.05, 0.1) is 6.04 Å². The molecule has 1 fully saturated rings. The van der Waals surface area contributed by atoms with E-state index in [4.69, 9.17) is 4.74 Å². The van der Waals surface area contributed by atoms with Crippen LogP contribution < -0.4 is 16.2 Å². The number of benzene rings is 1. The Morgan fingerprint density at radius 3 is 2.59 bits per heavy atom. The summed E-state index contributed by atoms with van der Waals surface area (Å²) in [6.07, 6.45) is -0.431. The van der Waals surface area contributed by atoms with Gasteiger partial charge in [-0.05, 0) is 17.9 Å². The molecule has 0 aliphatic carbocycles. The minimum atomic E-state index is -0.791. The van der Waals surface area contributed by atoms with Gasteiger partial charge in [0.2, 0.25) is 5.78 Å². The number of hydrazine groups is 1. The van der Waals surface area contributed by atoms with Crippen molar-refractivity contribution in [2.45, 2.75) is 39.3 Å². The molecule has 3 N–H and O–H groups in total. The third kappa shape index (κ3) is 6.18. The van der Waals surface area contributed by atoms with Crippen molar-refractivity contribution in [3.8, 4) is 0 Å². The van der Waals surface area contributed by atoms with Crippen LogP contribution in [0.5, 0.6) is 0 Å². The molecule has 1 aliphatic rings. The number of ether oxygens (including phenoxy) is 1. The molecule has 0 bridgehead atoms. The number of ketones is 2. The Kier molecular flexibility index (Phi) is 7.48. The van der Waals surface area contributed by atoms with Crippen LogP contribution in [0.2, 0.25) is 0 Å². The Morgan fingerprint density at radius 1 is 1.22 bits per heavy atom. The van der Waals surface area contributed by atoms with Crippen molar-refractivity contribution >= 4 is 23.6 Å². The molecule has 0 saturated carbocycles. The number of hydrogen-bond acceptors (Lipinski definition) is 6. The maximum atomic E-state index is 12.7. The first-order valence-corrected chi connectivity index (χ1v) is 8.95. The van der Waals surface area contributed by atoms with Crippen LogP contribution in [0.25, 0.3) is 0 Å². The second kappa shape index (κ2) is 9.82. The summed E-state index contributed by atoms with van der Waals surface area (Å²) < 4.78 is 5.16. The number of alkyl carbamates (subject to hydrolysis) is 1. The molecule has 2 atom stereocenters. The SMILES string of the molecule is CC(C)C(NC(=O)OCc1ccccc1)C(=O)CC1CCNNC(=O)C1=O. The van der Waals surface area contributed by atoms with E-state index < -0.39 is 29.7 Å². The molecule has 2 amide bonds. The van der Waals surface area contributed by atoms with Crippen LogP contribution in [0.15, 0.2) is 30.3 Å². The predicted octanol–water partition coefficient (Wildman–Crippen LogP) is 1.11. The van der Waals surface area contributed by atoms with Gasteiger partial charge in [-0.25, -0.2) is 10.2 Å². The van der Waals surface area contributed by atoms with Gasteiger partial charge in [-0.15, -0.1) is 0 Å². The Morgan fingerprint density at radius 2 is 1.93 bits per heavy atom. The van der Waals surface area contributed by atoms with Crippen LogP contribution in [0.1, 0.15) is 32.3 Å². The highest BCUT2D eigenvalue weighted by atomic mass is 16.5. The van der Waals surface area contributed by atoms with E-state index in [0.29, 0.717) is 13.0 Å². The maximum Gasteiger partial charge on any atom is 0.408 e. The molecule has 1 aromatic rings. The average Bonchev–Trinajstić information content (AvgIpc) is 2.80. The van der Waals surface area contributed by atoms with Gasteiger partial charge in [-0.3, -0.25) is 19.8 Å². The van der Waals surface area contributed by atoms with E-state index in [0.717, 1.165) is 5.56 Å². The summed E-state index contributed by atoms with van der Waals surface area (Å²) in [5.74, 6) is -2.55. The monoisotopic (exact) mass is 375 g/mol. The summed E-state index contributed by atoms with van der Waals surface area (Å²) >= 11 is 0. The smallest absolute Gasteiger partial charge is 0.408 e. The number of carbonyl (C=O) groups is 4. The van der Waals surface area contributed by atoms with E-state index in [1.54, 1.807) is 13.8 Å². The molecule has 0 spiro atoms. The van der Waals surface area contributed by atoms with E-state index in [-0.39, 0.29) is 24.7 Å². The van der Waals surface area contributed by atoms with Gasteiger partial charge in [-0.2, -0.15) is 0 Å². The van der Waals surface area contributed by atoms with Gasteiger partial charge >= 0.3 is 12.0 Å². The van der Waals surface area contributed by atoms with Crippen molar-refractivity contribution < 1.29 is 23.9 Å². The van der Waals surface area contributed by atoms with Crippen LogP contribution in [0, 0.1) is 11.8 Å². The fraction of sp³-hybridized carbons (Fsp3) is 0.474. The highest BCUT2D eigenvalue weighted by Gasteiger charge is 2.33. The summed E-state index contributed by atoms with van der Waals surface area (Å²) in [7, 11) is 0. The largest absolute Gasteiger partial charge is 0.445 e. The van der Waals surface area contributed by atoms with Crippen molar-refractivity contribution in [3.05, 3.63) is 35.9 Å². The zero-order valence-electron chi connectivity index (χ0n) is 15.5. The number of rotatable bonds is 7. The Balaban J connectivity index is 1.92. The van der Waals surface area contributed by atoms with Crippen LogP contribution in [-0.2, 0) is 25.7 Å². The van der Waals surface area contributed by atoms with Gasteiger partial charge < -0.3 is 10.1 Å². The topological polar surface area (TPSA) is 114 Å². The molecule has 8 nitrogen and oxygen atoms in total. The van der Waals surface area contributed by atoms with Crippen molar-refractivity contribution in [2.75, 3.05) is 6.54 Å².